The zero-order chi connectivity index (χ0) is 26.7. The number of nitrogens with two attached hydrogens (primary N) is 1. The molecule has 3 aliphatic rings. The van der Waals surface area contributed by atoms with E-state index in [0.29, 0.717) is 36.4 Å². The van der Waals surface area contributed by atoms with Gasteiger partial charge in [-0.05, 0) is 61.1 Å². The summed E-state index contributed by atoms with van der Waals surface area (Å²) >= 11 is 0. The van der Waals surface area contributed by atoms with Gasteiger partial charge < -0.3 is 25.0 Å². The van der Waals surface area contributed by atoms with Gasteiger partial charge in [-0.1, -0.05) is 6.07 Å². The largest absolute Gasteiger partial charge is 0.477 e. The Bertz CT molecular complexity index is 1580. The highest BCUT2D eigenvalue weighted by Crippen LogP contribution is 2.39. The highest BCUT2D eigenvalue weighted by atomic mass is 19.1. The Balaban J connectivity index is 1.35. The van der Waals surface area contributed by atoms with Crippen molar-refractivity contribution < 1.29 is 28.6 Å². The standard InChI is InChI=1S/C27H25FN4O6/c28-20-9-18-21(31(16-5-6-16)12-19(24(18)33)26(35)36)10-22(20)30-7-1-2-14-8-17(4-3-15(14)11-30)32-13-23(25(29)34)38-27(32)37/h3-4,8-10,12,16,23H,1-2,5-7,11,13H2,(H2,29,34)(H,35,36)/t23-/m1/s1. The number of hydrogen-bond donors (Lipinski definition) is 2. The lowest BCUT2D eigenvalue weighted by Crippen LogP contribution is -2.32. The Kier molecular flexibility index (Phi) is 5.59. The molecule has 0 bridgehead atoms. The van der Waals surface area contributed by atoms with Crippen molar-refractivity contribution in [3.8, 4) is 0 Å². The number of rotatable bonds is 5. The van der Waals surface area contributed by atoms with Crippen LogP contribution in [-0.2, 0) is 22.5 Å². The predicted molar refractivity (Wildman–Crippen MR) is 136 cm³/mol. The van der Waals surface area contributed by atoms with Gasteiger partial charge in [0.25, 0.3) is 5.91 Å². The van der Waals surface area contributed by atoms with Crippen LogP contribution in [0, 0.1) is 5.82 Å². The summed E-state index contributed by atoms with van der Waals surface area (Å²) in [4.78, 5) is 51.4. The first-order valence-corrected chi connectivity index (χ1v) is 12.5. The normalized spacial score (nSPS) is 19.3. The van der Waals surface area contributed by atoms with Gasteiger partial charge in [-0.3, -0.25) is 14.5 Å². The number of nitrogens with zero attached hydrogens (tertiary/aromatic N) is 3. The molecule has 0 unspecified atom stereocenters. The van der Waals surface area contributed by atoms with Crippen molar-refractivity contribution in [3.63, 3.8) is 0 Å². The van der Waals surface area contributed by atoms with Gasteiger partial charge in [0.05, 0.1) is 17.7 Å². The minimum Gasteiger partial charge on any atom is -0.477 e. The molecule has 6 rings (SSSR count). The minimum absolute atomic E-state index is 0.0493. The third-order valence-corrected chi connectivity index (χ3v) is 7.48. The number of anilines is 2. The molecule has 2 amide bonds. The Morgan fingerprint density at radius 2 is 1.89 bits per heavy atom. The number of ether oxygens (including phenoxy) is 1. The fourth-order valence-corrected chi connectivity index (χ4v) is 5.35. The lowest BCUT2D eigenvalue weighted by Gasteiger charge is -2.25. The number of fused-ring (bicyclic) bond motifs is 2. The number of carboxylic acid groups (broad SMARTS) is 1. The molecule has 3 N–H and O–H groups in total. The summed E-state index contributed by atoms with van der Waals surface area (Å²) in [5.74, 6) is -2.61. The second-order valence-corrected chi connectivity index (χ2v) is 10.00. The van der Waals surface area contributed by atoms with Crippen LogP contribution in [0.2, 0.25) is 0 Å². The molecule has 2 aliphatic heterocycles. The summed E-state index contributed by atoms with van der Waals surface area (Å²) in [5.41, 5.74) is 7.67. The van der Waals surface area contributed by atoms with Gasteiger partial charge in [-0.2, -0.15) is 0 Å². The zero-order valence-corrected chi connectivity index (χ0v) is 20.4. The lowest BCUT2D eigenvalue weighted by molar-refractivity contribution is -0.124. The summed E-state index contributed by atoms with van der Waals surface area (Å²) in [6.07, 6.45) is 2.91. The van der Waals surface area contributed by atoms with E-state index in [9.17, 15) is 24.3 Å². The van der Waals surface area contributed by atoms with Gasteiger partial charge in [0.1, 0.15) is 11.4 Å². The van der Waals surface area contributed by atoms with Gasteiger partial charge in [-0.15, -0.1) is 0 Å². The van der Waals surface area contributed by atoms with E-state index in [0.717, 1.165) is 36.5 Å². The molecule has 0 radical (unpaired) electrons. The number of pyridine rings is 1. The van der Waals surface area contributed by atoms with E-state index in [2.05, 4.69) is 0 Å². The van der Waals surface area contributed by atoms with E-state index in [1.54, 1.807) is 16.7 Å². The van der Waals surface area contributed by atoms with Gasteiger partial charge in [0.15, 0.2) is 6.10 Å². The Hall–Kier alpha value is -4.41. The number of carbonyl (C=O) groups excluding carboxylic acids is 2. The number of hydrogen-bond acceptors (Lipinski definition) is 6. The molecule has 1 aliphatic carbocycles. The maximum Gasteiger partial charge on any atom is 0.415 e. The third-order valence-electron chi connectivity index (χ3n) is 7.48. The average Bonchev–Trinajstić information content (AvgIpc) is 3.67. The first kappa shape index (κ1) is 24.0. The molecule has 2 aromatic carbocycles. The van der Waals surface area contributed by atoms with E-state index in [1.165, 1.54) is 11.1 Å². The monoisotopic (exact) mass is 520 g/mol. The molecule has 1 atom stereocenters. The smallest absolute Gasteiger partial charge is 0.415 e. The Labute approximate surface area is 216 Å². The van der Waals surface area contributed by atoms with E-state index < -0.39 is 35.3 Å². The summed E-state index contributed by atoms with van der Waals surface area (Å²) < 4.78 is 22.3. The SMILES string of the molecule is NC(=O)[C@H]1CN(c2ccc3c(c2)CCCN(c2cc4c(cc2F)c(=O)c(C(=O)O)cn4C2CC2)C3)C(=O)O1. The molecule has 1 saturated heterocycles. The quantitative estimate of drug-likeness (QED) is 0.528. The lowest BCUT2D eigenvalue weighted by atomic mass is 10.0. The first-order chi connectivity index (χ1) is 18.2. The van der Waals surface area contributed by atoms with Crippen molar-refractivity contribution in [1.29, 1.82) is 0 Å². The predicted octanol–water partition coefficient (Wildman–Crippen LogP) is 2.94. The number of carbonyl (C=O) groups is 3. The number of aromatic nitrogens is 1. The van der Waals surface area contributed by atoms with Crippen molar-refractivity contribution >= 4 is 40.2 Å². The maximum atomic E-state index is 15.5. The number of cyclic esters (lactones) is 1. The molecule has 3 heterocycles. The number of halogens is 1. The van der Waals surface area contributed by atoms with E-state index in [4.69, 9.17) is 10.5 Å². The molecule has 196 valence electrons. The molecule has 38 heavy (non-hydrogen) atoms. The van der Waals surface area contributed by atoms with Crippen LogP contribution in [0.3, 0.4) is 0 Å². The van der Waals surface area contributed by atoms with Crippen LogP contribution >= 0.6 is 0 Å². The first-order valence-electron chi connectivity index (χ1n) is 12.5. The number of amides is 2. The van der Waals surface area contributed by atoms with Crippen molar-refractivity contribution in [1.82, 2.24) is 4.57 Å². The van der Waals surface area contributed by atoms with Crippen molar-refractivity contribution in [3.05, 3.63) is 69.3 Å². The third kappa shape index (κ3) is 4.04. The van der Waals surface area contributed by atoms with Crippen LogP contribution in [0.15, 0.2) is 41.3 Å². The van der Waals surface area contributed by atoms with E-state index in [-0.39, 0.29) is 23.5 Å². The highest BCUT2D eigenvalue weighted by Gasteiger charge is 2.36. The summed E-state index contributed by atoms with van der Waals surface area (Å²) in [6, 6.07) is 8.43. The Morgan fingerprint density at radius 3 is 2.58 bits per heavy atom. The second kappa shape index (κ2) is 8.86. The van der Waals surface area contributed by atoms with Gasteiger partial charge in [0, 0.05) is 36.4 Å². The van der Waals surface area contributed by atoms with Crippen molar-refractivity contribution in [2.24, 2.45) is 5.73 Å². The number of aromatic carboxylic acids is 1. The van der Waals surface area contributed by atoms with E-state index in [1.807, 2.05) is 17.0 Å². The molecule has 3 aromatic rings. The van der Waals surface area contributed by atoms with Crippen LogP contribution in [0.5, 0.6) is 0 Å². The van der Waals surface area contributed by atoms with Crippen LogP contribution in [0.25, 0.3) is 10.9 Å². The van der Waals surface area contributed by atoms with Gasteiger partial charge >= 0.3 is 12.1 Å². The average molecular weight is 521 g/mol. The molecular formula is C27H25FN4O6. The van der Waals surface area contributed by atoms with Crippen molar-refractivity contribution in [2.45, 2.75) is 44.4 Å². The number of benzene rings is 2. The van der Waals surface area contributed by atoms with E-state index >= 15 is 4.39 Å². The van der Waals surface area contributed by atoms with Crippen LogP contribution < -0.4 is 21.0 Å². The van der Waals surface area contributed by atoms with Crippen LogP contribution in [0.4, 0.5) is 20.6 Å². The molecule has 1 saturated carbocycles. The number of carboxylic acids is 1. The van der Waals surface area contributed by atoms with Crippen molar-refractivity contribution in [2.75, 3.05) is 22.9 Å². The zero-order valence-electron chi connectivity index (χ0n) is 20.4. The van der Waals surface area contributed by atoms with Gasteiger partial charge in [-0.25, -0.2) is 14.0 Å². The molecular weight excluding hydrogens is 495 g/mol. The topological polar surface area (TPSA) is 135 Å². The fourth-order valence-electron chi connectivity index (χ4n) is 5.35. The highest BCUT2D eigenvalue weighted by molar-refractivity contribution is 5.95. The molecule has 1 aromatic heterocycles. The van der Waals surface area contributed by atoms with Crippen LogP contribution in [-0.4, -0.2) is 46.8 Å². The minimum atomic E-state index is -1.33. The second-order valence-electron chi connectivity index (χ2n) is 10.00. The summed E-state index contributed by atoms with van der Waals surface area (Å²) in [5, 5.41) is 9.54. The maximum absolute atomic E-state index is 15.5. The summed E-state index contributed by atoms with van der Waals surface area (Å²) in [7, 11) is 0. The number of primary amides is 1. The Morgan fingerprint density at radius 1 is 1.11 bits per heavy atom. The molecule has 0 spiro atoms. The molecule has 11 heteroatoms. The fraction of sp³-hybridized carbons (Fsp3) is 0.333. The number of aryl methyl sites for hydroxylation is 1. The molecule has 2 fully saturated rings. The summed E-state index contributed by atoms with van der Waals surface area (Å²) in [6.45, 7) is 1.02. The molecule has 10 nitrogen and oxygen atoms in total. The van der Waals surface area contributed by atoms with Gasteiger partial charge in [0.2, 0.25) is 5.43 Å². The van der Waals surface area contributed by atoms with Crippen LogP contribution in [0.1, 0.15) is 46.8 Å².